The van der Waals surface area contributed by atoms with Crippen LogP contribution in [0.1, 0.15) is 40.9 Å². The highest BCUT2D eigenvalue weighted by Crippen LogP contribution is 2.07. The third-order valence-corrected chi connectivity index (χ3v) is 4.13. The first-order valence-corrected chi connectivity index (χ1v) is 9.23. The number of hydrogen-bond acceptors (Lipinski definition) is 5. The molecular formula is C22H25N3O4. The molecule has 0 radical (unpaired) electrons. The maximum absolute atomic E-state index is 12.3. The molecule has 7 nitrogen and oxygen atoms in total. The molecule has 5 N–H and O–H groups in total. The molecule has 2 rings (SSSR count). The van der Waals surface area contributed by atoms with Gasteiger partial charge in [0.15, 0.2) is 0 Å². The molecule has 0 unspecified atom stereocenters. The van der Waals surface area contributed by atoms with Gasteiger partial charge in [-0.25, -0.2) is 5.48 Å². The van der Waals surface area contributed by atoms with Crippen LogP contribution in [0.5, 0.6) is 0 Å². The zero-order valence-corrected chi connectivity index (χ0v) is 16.4. The van der Waals surface area contributed by atoms with Gasteiger partial charge in [-0.3, -0.25) is 14.8 Å². The molecule has 2 atom stereocenters. The van der Waals surface area contributed by atoms with Crippen molar-refractivity contribution in [2.45, 2.75) is 32.5 Å². The van der Waals surface area contributed by atoms with Crippen LogP contribution in [0.2, 0.25) is 0 Å². The van der Waals surface area contributed by atoms with Crippen molar-refractivity contribution in [2.75, 3.05) is 6.61 Å². The van der Waals surface area contributed by atoms with Gasteiger partial charge in [0.25, 0.3) is 11.8 Å². The molecule has 0 saturated heterocycles. The van der Waals surface area contributed by atoms with E-state index in [4.69, 9.17) is 15.7 Å². The van der Waals surface area contributed by atoms with Crippen LogP contribution >= 0.6 is 0 Å². The number of carbonyl (C=O) groups excluding carboxylic acids is 2. The van der Waals surface area contributed by atoms with Crippen molar-refractivity contribution >= 4 is 11.8 Å². The largest absolute Gasteiger partial charge is 0.377 e. The molecule has 2 amide bonds. The molecule has 0 bridgehead atoms. The first-order chi connectivity index (χ1) is 13.9. The molecule has 0 aliphatic carbocycles. The summed E-state index contributed by atoms with van der Waals surface area (Å²) in [5, 5.41) is 11.3. The van der Waals surface area contributed by atoms with E-state index in [1.54, 1.807) is 31.2 Å². The fraction of sp³-hybridized carbons (Fsp3) is 0.273. The lowest BCUT2D eigenvalue weighted by atomic mass is 10.1. The average molecular weight is 395 g/mol. The lowest BCUT2D eigenvalue weighted by molar-refractivity contribution is -0.131. The number of rotatable bonds is 7. The SMILES string of the molecule is CCOCc1ccc(C#Cc2ccc(C(=O)N[C@H](C(=O)NO)[C@@H](C)N)cc2)cc1. The van der Waals surface area contributed by atoms with Crippen LogP contribution in [0, 0.1) is 11.8 Å². The van der Waals surface area contributed by atoms with E-state index in [2.05, 4.69) is 17.2 Å². The normalized spacial score (nSPS) is 12.3. The Hall–Kier alpha value is -3.18. The van der Waals surface area contributed by atoms with E-state index < -0.39 is 23.9 Å². The Labute approximate surface area is 170 Å². The summed E-state index contributed by atoms with van der Waals surface area (Å²) in [5.74, 6) is 4.87. The van der Waals surface area contributed by atoms with Crippen molar-refractivity contribution in [2.24, 2.45) is 5.73 Å². The topological polar surface area (TPSA) is 114 Å². The molecule has 0 aromatic heterocycles. The van der Waals surface area contributed by atoms with E-state index in [-0.39, 0.29) is 0 Å². The Morgan fingerprint density at radius 2 is 1.62 bits per heavy atom. The summed E-state index contributed by atoms with van der Waals surface area (Å²) in [6, 6.07) is 12.8. The minimum Gasteiger partial charge on any atom is -0.377 e. The maximum Gasteiger partial charge on any atom is 0.267 e. The monoisotopic (exact) mass is 395 g/mol. The number of nitrogens with one attached hydrogen (secondary N) is 2. The summed E-state index contributed by atoms with van der Waals surface area (Å²) in [6.07, 6.45) is 0. The summed E-state index contributed by atoms with van der Waals surface area (Å²) in [4.78, 5) is 23.9. The van der Waals surface area contributed by atoms with E-state index >= 15 is 0 Å². The second-order valence-electron chi connectivity index (χ2n) is 6.45. The number of hydrogen-bond donors (Lipinski definition) is 4. The lowest BCUT2D eigenvalue weighted by Crippen LogP contribution is -2.54. The van der Waals surface area contributed by atoms with Crippen molar-refractivity contribution in [1.29, 1.82) is 0 Å². The summed E-state index contributed by atoms with van der Waals surface area (Å²) >= 11 is 0. The minimum absolute atomic E-state index is 0.354. The molecule has 0 fully saturated rings. The molecule has 0 heterocycles. The summed E-state index contributed by atoms with van der Waals surface area (Å²) in [7, 11) is 0. The van der Waals surface area contributed by atoms with Crippen LogP contribution in [0.25, 0.3) is 0 Å². The smallest absolute Gasteiger partial charge is 0.267 e. The quantitative estimate of drug-likeness (QED) is 0.323. The Morgan fingerprint density at radius 3 is 2.10 bits per heavy atom. The van der Waals surface area contributed by atoms with E-state index in [0.717, 1.165) is 16.7 Å². The Kier molecular flexibility index (Phi) is 8.37. The van der Waals surface area contributed by atoms with E-state index in [1.165, 1.54) is 5.48 Å². The predicted octanol–water partition coefficient (Wildman–Crippen LogP) is 1.57. The van der Waals surface area contributed by atoms with Crippen LogP contribution < -0.4 is 16.5 Å². The number of benzene rings is 2. The number of hydroxylamine groups is 1. The van der Waals surface area contributed by atoms with Gasteiger partial charge < -0.3 is 15.8 Å². The highest BCUT2D eigenvalue weighted by Gasteiger charge is 2.24. The fourth-order valence-electron chi connectivity index (χ4n) is 2.48. The molecule has 2 aromatic rings. The Balaban J connectivity index is 2.02. The third kappa shape index (κ3) is 6.73. The molecule has 0 aliphatic heterocycles. The molecule has 29 heavy (non-hydrogen) atoms. The summed E-state index contributed by atoms with van der Waals surface area (Å²) in [6.45, 7) is 4.77. The zero-order valence-electron chi connectivity index (χ0n) is 16.4. The van der Waals surface area contributed by atoms with Gasteiger partial charge in [0, 0.05) is 29.3 Å². The van der Waals surface area contributed by atoms with Crippen LogP contribution in [0.4, 0.5) is 0 Å². The van der Waals surface area contributed by atoms with E-state index in [1.807, 2.05) is 31.2 Å². The van der Waals surface area contributed by atoms with Gasteiger partial charge in [0.1, 0.15) is 6.04 Å². The van der Waals surface area contributed by atoms with Crippen molar-refractivity contribution in [3.8, 4) is 11.8 Å². The highest BCUT2D eigenvalue weighted by atomic mass is 16.5. The standard InChI is InChI=1S/C22H25N3O4/c1-3-29-14-18-8-6-16(7-9-18)4-5-17-10-12-19(13-11-17)21(26)24-20(15(2)23)22(27)25-28/h6-13,15,20,28H,3,14,23H2,1-2H3,(H,24,26)(H,25,27)/t15-,20+/m1/s1. The van der Waals surface area contributed by atoms with Crippen molar-refractivity contribution in [1.82, 2.24) is 10.8 Å². The molecule has 2 aromatic carbocycles. The van der Waals surface area contributed by atoms with Crippen molar-refractivity contribution in [3.63, 3.8) is 0 Å². The second-order valence-corrected chi connectivity index (χ2v) is 6.45. The predicted molar refractivity (Wildman–Crippen MR) is 109 cm³/mol. The number of amides is 2. The molecular weight excluding hydrogens is 370 g/mol. The maximum atomic E-state index is 12.3. The zero-order chi connectivity index (χ0) is 21.2. The van der Waals surface area contributed by atoms with Crippen molar-refractivity contribution in [3.05, 3.63) is 70.8 Å². The molecule has 0 spiro atoms. The minimum atomic E-state index is -1.04. The number of nitrogens with two attached hydrogens (primary N) is 1. The van der Waals surface area contributed by atoms with Gasteiger partial charge in [0.2, 0.25) is 0 Å². The second kappa shape index (κ2) is 11.0. The van der Waals surface area contributed by atoms with Gasteiger partial charge in [-0.2, -0.15) is 0 Å². The van der Waals surface area contributed by atoms with Crippen LogP contribution in [0.3, 0.4) is 0 Å². The Morgan fingerprint density at radius 1 is 1.07 bits per heavy atom. The molecule has 7 heteroatoms. The Bertz CT molecular complexity index is 881. The van der Waals surface area contributed by atoms with Crippen molar-refractivity contribution < 1.29 is 19.5 Å². The molecule has 0 aliphatic rings. The van der Waals surface area contributed by atoms with Gasteiger partial charge in [-0.1, -0.05) is 24.0 Å². The first kappa shape index (κ1) is 22.1. The van der Waals surface area contributed by atoms with Gasteiger partial charge in [0.05, 0.1) is 6.61 Å². The van der Waals surface area contributed by atoms with Crippen LogP contribution in [0.15, 0.2) is 48.5 Å². The van der Waals surface area contributed by atoms with E-state index in [0.29, 0.717) is 18.8 Å². The lowest BCUT2D eigenvalue weighted by Gasteiger charge is -2.20. The number of carbonyl (C=O) groups is 2. The fourth-order valence-corrected chi connectivity index (χ4v) is 2.48. The van der Waals surface area contributed by atoms with Gasteiger partial charge >= 0.3 is 0 Å². The average Bonchev–Trinajstić information content (AvgIpc) is 2.74. The van der Waals surface area contributed by atoms with Gasteiger partial charge in [-0.15, -0.1) is 0 Å². The summed E-state index contributed by atoms with van der Waals surface area (Å²) in [5.41, 5.74) is 10.2. The van der Waals surface area contributed by atoms with Crippen LogP contribution in [-0.4, -0.2) is 35.7 Å². The van der Waals surface area contributed by atoms with Crippen LogP contribution in [-0.2, 0) is 16.1 Å². The van der Waals surface area contributed by atoms with E-state index in [9.17, 15) is 9.59 Å². The highest BCUT2D eigenvalue weighted by molar-refractivity contribution is 5.97. The molecule has 152 valence electrons. The summed E-state index contributed by atoms with van der Waals surface area (Å²) < 4.78 is 5.37. The van der Waals surface area contributed by atoms with Gasteiger partial charge in [-0.05, 0) is 55.8 Å². The number of ether oxygens (including phenoxy) is 1. The first-order valence-electron chi connectivity index (χ1n) is 9.23. The molecule has 0 saturated carbocycles. The third-order valence-electron chi connectivity index (χ3n) is 4.13.